The zero-order valence-corrected chi connectivity index (χ0v) is 25.8. The Hall–Kier alpha value is -6.52. The number of rotatable bonds is 4. The van der Waals surface area contributed by atoms with Crippen molar-refractivity contribution in [3.8, 4) is 39.6 Å². The topological polar surface area (TPSA) is 43.9 Å². The van der Waals surface area contributed by atoms with Crippen LogP contribution in [0, 0.1) is 0 Å². The van der Waals surface area contributed by atoms with Crippen molar-refractivity contribution >= 4 is 54.5 Å². The molecule has 0 aliphatic rings. The molecule has 0 amide bonds. The van der Waals surface area contributed by atoms with E-state index in [1.54, 1.807) is 0 Å². The van der Waals surface area contributed by atoms with Gasteiger partial charge < -0.3 is 8.98 Å². The molecule has 0 aliphatic heterocycles. The molecule has 0 saturated carbocycles. The molecule has 0 N–H and O–H groups in total. The minimum atomic E-state index is 0.673. The lowest BCUT2D eigenvalue weighted by Gasteiger charge is -2.12. The molecular weight excluding hydrogens is 587 g/mol. The number of nitrogens with zero attached hydrogens (tertiary/aromatic N) is 3. The molecule has 0 unspecified atom stereocenters. The van der Waals surface area contributed by atoms with Gasteiger partial charge in [-0.3, -0.25) is 0 Å². The number of fused-ring (bicyclic) bond motifs is 8. The highest BCUT2D eigenvalue weighted by atomic mass is 16.3. The minimum Gasteiger partial charge on any atom is -0.456 e. The van der Waals surface area contributed by atoms with E-state index >= 15 is 0 Å². The number of aromatic nitrogens is 3. The van der Waals surface area contributed by atoms with Crippen LogP contribution in [0.25, 0.3) is 94.1 Å². The molecular formula is C44H27N3O. The van der Waals surface area contributed by atoms with Crippen molar-refractivity contribution in [2.45, 2.75) is 0 Å². The van der Waals surface area contributed by atoms with E-state index in [4.69, 9.17) is 14.4 Å². The van der Waals surface area contributed by atoms with Crippen LogP contribution in [-0.4, -0.2) is 14.5 Å². The first-order valence-electron chi connectivity index (χ1n) is 16.2. The molecule has 3 heterocycles. The van der Waals surface area contributed by atoms with Gasteiger partial charge in [-0.15, -0.1) is 0 Å². The van der Waals surface area contributed by atoms with Gasteiger partial charge in [0, 0.05) is 38.2 Å². The molecule has 48 heavy (non-hydrogen) atoms. The van der Waals surface area contributed by atoms with E-state index < -0.39 is 0 Å². The van der Waals surface area contributed by atoms with Gasteiger partial charge in [0.05, 0.1) is 33.5 Å². The number of furan rings is 1. The van der Waals surface area contributed by atoms with E-state index in [1.165, 1.54) is 27.1 Å². The fourth-order valence-corrected chi connectivity index (χ4v) is 7.20. The Morgan fingerprint density at radius 3 is 1.90 bits per heavy atom. The van der Waals surface area contributed by atoms with Crippen LogP contribution < -0.4 is 0 Å². The zero-order valence-electron chi connectivity index (χ0n) is 25.8. The van der Waals surface area contributed by atoms with Crippen LogP contribution in [0.15, 0.2) is 168 Å². The zero-order chi connectivity index (χ0) is 31.6. The van der Waals surface area contributed by atoms with E-state index in [1.807, 2.05) is 36.4 Å². The lowest BCUT2D eigenvalue weighted by molar-refractivity contribution is 0.669. The highest BCUT2D eigenvalue weighted by Gasteiger charge is 2.20. The van der Waals surface area contributed by atoms with Crippen LogP contribution >= 0.6 is 0 Å². The summed E-state index contributed by atoms with van der Waals surface area (Å²) >= 11 is 0. The summed E-state index contributed by atoms with van der Waals surface area (Å²) in [7, 11) is 0. The molecule has 0 saturated heterocycles. The Balaban J connectivity index is 1.25. The first kappa shape index (κ1) is 26.7. The van der Waals surface area contributed by atoms with Crippen molar-refractivity contribution in [2.24, 2.45) is 0 Å². The third kappa shape index (κ3) is 4.10. The molecule has 10 aromatic rings. The molecule has 4 nitrogen and oxygen atoms in total. The van der Waals surface area contributed by atoms with Crippen LogP contribution in [0.5, 0.6) is 0 Å². The molecule has 0 fully saturated rings. The van der Waals surface area contributed by atoms with Crippen molar-refractivity contribution < 1.29 is 4.42 Å². The van der Waals surface area contributed by atoms with Crippen LogP contribution in [0.1, 0.15) is 0 Å². The third-order valence-corrected chi connectivity index (χ3v) is 9.40. The molecule has 4 heteroatoms. The number of para-hydroxylation sites is 1. The monoisotopic (exact) mass is 613 g/mol. The summed E-state index contributed by atoms with van der Waals surface area (Å²) in [6.45, 7) is 0. The molecule has 0 atom stereocenters. The maximum atomic E-state index is 6.53. The molecule has 0 aliphatic carbocycles. The van der Waals surface area contributed by atoms with E-state index in [-0.39, 0.29) is 0 Å². The molecule has 10 rings (SSSR count). The number of hydrogen-bond acceptors (Lipinski definition) is 3. The van der Waals surface area contributed by atoms with Gasteiger partial charge in [0.25, 0.3) is 0 Å². The van der Waals surface area contributed by atoms with Gasteiger partial charge in [-0.1, -0.05) is 121 Å². The van der Waals surface area contributed by atoms with Crippen LogP contribution in [0.4, 0.5) is 0 Å². The third-order valence-electron chi connectivity index (χ3n) is 9.40. The van der Waals surface area contributed by atoms with Gasteiger partial charge in [0.15, 0.2) is 5.82 Å². The van der Waals surface area contributed by atoms with Crippen LogP contribution in [0.3, 0.4) is 0 Å². The summed E-state index contributed by atoms with van der Waals surface area (Å²) in [4.78, 5) is 10.2. The fourth-order valence-electron chi connectivity index (χ4n) is 7.20. The molecule has 7 aromatic carbocycles. The summed E-state index contributed by atoms with van der Waals surface area (Å²) < 4.78 is 8.94. The van der Waals surface area contributed by atoms with Crippen molar-refractivity contribution in [1.82, 2.24) is 14.5 Å². The Morgan fingerprint density at radius 2 is 1.12 bits per heavy atom. The fraction of sp³-hybridized carbons (Fsp3) is 0. The first-order valence-corrected chi connectivity index (χ1v) is 16.2. The second kappa shape index (κ2) is 10.5. The van der Waals surface area contributed by atoms with E-state index in [2.05, 4.69) is 132 Å². The summed E-state index contributed by atoms with van der Waals surface area (Å²) in [5.74, 6) is 0.673. The van der Waals surface area contributed by atoms with Gasteiger partial charge in [0.1, 0.15) is 11.2 Å². The van der Waals surface area contributed by atoms with E-state index in [9.17, 15) is 0 Å². The lowest BCUT2D eigenvalue weighted by atomic mass is 10.0. The molecule has 224 valence electrons. The lowest BCUT2D eigenvalue weighted by Crippen LogP contribution is -1.96. The van der Waals surface area contributed by atoms with Crippen molar-refractivity contribution in [3.63, 3.8) is 0 Å². The predicted molar refractivity (Wildman–Crippen MR) is 197 cm³/mol. The first-order chi connectivity index (χ1) is 23.8. The van der Waals surface area contributed by atoms with E-state index in [0.717, 1.165) is 61.2 Å². The Morgan fingerprint density at radius 1 is 0.438 bits per heavy atom. The van der Waals surface area contributed by atoms with Gasteiger partial charge in [-0.05, 0) is 47.9 Å². The summed E-state index contributed by atoms with van der Waals surface area (Å²) in [5, 5.41) is 6.98. The summed E-state index contributed by atoms with van der Waals surface area (Å²) in [5.41, 5.74) is 9.90. The quantitative estimate of drug-likeness (QED) is 0.198. The average Bonchev–Trinajstić information content (AvgIpc) is 3.71. The van der Waals surface area contributed by atoms with Gasteiger partial charge in [0.2, 0.25) is 0 Å². The Labute approximate surface area is 276 Å². The molecule has 0 spiro atoms. The SMILES string of the molecule is c1ccc(-c2cc(-c3ccccc3)nc(-c3ccc4oc5cccc(-n6c7ccccc7c7ccc8ccccc8c76)c5c4c3)n2)cc1. The largest absolute Gasteiger partial charge is 0.456 e. The van der Waals surface area contributed by atoms with Crippen LogP contribution in [0.2, 0.25) is 0 Å². The minimum absolute atomic E-state index is 0.673. The highest BCUT2D eigenvalue weighted by molar-refractivity contribution is 6.20. The second-order valence-electron chi connectivity index (χ2n) is 12.2. The van der Waals surface area contributed by atoms with Crippen molar-refractivity contribution in [2.75, 3.05) is 0 Å². The Kier molecular flexibility index (Phi) is 5.84. The smallest absolute Gasteiger partial charge is 0.160 e. The van der Waals surface area contributed by atoms with Crippen molar-refractivity contribution in [1.29, 1.82) is 0 Å². The predicted octanol–water partition coefficient (Wildman–Crippen LogP) is 11.6. The average molecular weight is 614 g/mol. The maximum absolute atomic E-state index is 6.53. The highest BCUT2D eigenvalue weighted by Crippen LogP contribution is 2.41. The summed E-state index contributed by atoms with van der Waals surface area (Å²) in [6.07, 6.45) is 0. The molecule has 0 bridgehead atoms. The second-order valence-corrected chi connectivity index (χ2v) is 12.2. The Bertz CT molecular complexity index is 2770. The maximum Gasteiger partial charge on any atom is 0.160 e. The molecule has 0 radical (unpaired) electrons. The van der Waals surface area contributed by atoms with E-state index in [0.29, 0.717) is 5.82 Å². The van der Waals surface area contributed by atoms with Gasteiger partial charge in [-0.25, -0.2) is 9.97 Å². The standard InChI is InChI=1S/C44H27N3O/c1-3-13-29(14-4-1)36-27-37(30-15-5-2-6-16-30)46-44(45-36)31-23-25-40-35(26-31)42-39(20-11-21-41(42)48-40)47-38-19-10-9-18-33(38)34-24-22-28-12-7-8-17-32(28)43(34)47/h1-27H. The van der Waals surface area contributed by atoms with Crippen LogP contribution in [-0.2, 0) is 0 Å². The molecule has 3 aromatic heterocycles. The summed E-state index contributed by atoms with van der Waals surface area (Å²) in [6, 6.07) is 57.1. The van der Waals surface area contributed by atoms with Crippen molar-refractivity contribution in [3.05, 3.63) is 164 Å². The number of hydrogen-bond donors (Lipinski definition) is 0. The van der Waals surface area contributed by atoms with Gasteiger partial charge in [-0.2, -0.15) is 0 Å². The normalized spacial score (nSPS) is 11.8. The van der Waals surface area contributed by atoms with Gasteiger partial charge >= 0.3 is 0 Å². The number of benzene rings is 7.